The van der Waals surface area contributed by atoms with Crippen molar-refractivity contribution >= 4 is 21.4 Å². The molecule has 0 bridgehead atoms. The lowest BCUT2D eigenvalue weighted by Crippen LogP contribution is -2.49. The standard InChI is InChI=1S/C20H21F3N2O3S/c1-14-7-8-15(29(2,27)28)13-16(14)19(26)25-11-9-24(10-12-25)18-6-4-3-5-17(18)20(21,22)23/h3-8,13H,9-12H2,1-2H3. The van der Waals surface area contributed by atoms with Crippen LogP contribution in [0.1, 0.15) is 21.5 Å². The zero-order valence-electron chi connectivity index (χ0n) is 16.0. The highest BCUT2D eigenvalue weighted by Crippen LogP contribution is 2.36. The summed E-state index contributed by atoms with van der Waals surface area (Å²) in [6.07, 6.45) is -3.38. The Labute approximate surface area is 167 Å². The molecule has 1 heterocycles. The van der Waals surface area contributed by atoms with Gasteiger partial charge in [0, 0.05) is 43.7 Å². The molecule has 0 saturated carbocycles. The Morgan fingerprint density at radius 3 is 2.21 bits per heavy atom. The molecule has 0 radical (unpaired) electrons. The van der Waals surface area contributed by atoms with E-state index in [2.05, 4.69) is 0 Å². The van der Waals surface area contributed by atoms with Crippen LogP contribution < -0.4 is 4.90 Å². The van der Waals surface area contributed by atoms with Gasteiger partial charge in [0.25, 0.3) is 5.91 Å². The molecule has 1 fully saturated rings. The van der Waals surface area contributed by atoms with Crippen molar-refractivity contribution in [3.63, 3.8) is 0 Å². The zero-order valence-corrected chi connectivity index (χ0v) is 16.8. The summed E-state index contributed by atoms with van der Waals surface area (Å²) in [5, 5.41) is 0. The van der Waals surface area contributed by atoms with E-state index in [1.54, 1.807) is 28.9 Å². The number of hydrogen-bond donors (Lipinski definition) is 0. The quantitative estimate of drug-likeness (QED) is 0.755. The van der Waals surface area contributed by atoms with E-state index < -0.39 is 21.6 Å². The van der Waals surface area contributed by atoms with Gasteiger partial charge in [-0.3, -0.25) is 4.79 Å². The van der Waals surface area contributed by atoms with Crippen molar-refractivity contribution in [1.29, 1.82) is 0 Å². The fourth-order valence-corrected chi connectivity index (χ4v) is 4.02. The highest BCUT2D eigenvalue weighted by Gasteiger charge is 2.35. The lowest BCUT2D eigenvalue weighted by Gasteiger charge is -2.37. The van der Waals surface area contributed by atoms with Gasteiger partial charge in [-0.25, -0.2) is 8.42 Å². The van der Waals surface area contributed by atoms with Gasteiger partial charge in [0.2, 0.25) is 0 Å². The third-order valence-electron chi connectivity index (χ3n) is 4.98. The average molecular weight is 426 g/mol. The maximum atomic E-state index is 13.3. The number of aryl methyl sites for hydroxylation is 1. The molecule has 9 heteroatoms. The minimum absolute atomic E-state index is 0.0594. The van der Waals surface area contributed by atoms with Crippen molar-refractivity contribution in [2.45, 2.75) is 18.0 Å². The predicted octanol–water partition coefficient (Wildman–Crippen LogP) is 3.38. The number of para-hydroxylation sites is 1. The van der Waals surface area contributed by atoms with Gasteiger partial charge >= 0.3 is 6.18 Å². The highest BCUT2D eigenvalue weighted by molar-refractivity contribution is 7.90. The Morgan fingerprint density at radius 1 is 1.00 bits per heavy atom. The second-order valence-electron chi connectivity index (χ2n) is 7.04. The Hall–Kier alpha value is -2.55. The van der Waals surface area contributed by atoms with Crippen LogP contribution in [0.3, 0.4) is 0 Å². The first kappa shape index (κ1) is 21.2. The van der Waals surface area contributed by atoms with E-state index in [1.165, 1.54) is 24.3 Å². The number of sulfone groups is 1. The lowest BCUT2D eigenvalue weighted by atomic mass is 10.1. The van der Waals surface area contributed by atoms with Crippen molar-refractivity contribution in [3.8, 4) is 0 Å². The van der Waals surface area contributed by atoms with Crippen molar-refractivity contribution in [1.82, 2.24) is 4.90 Å². The molecule has 1 saturated heterocycles. The molecule has 5 nitrogen and oxygen atoms in total. The molecule has 0 unspecified atom stereocenters. The highest BCUT2D eigenvalue weighted by atomic mass is 32.2. The molecule has 0 spiro atoms. The first-order valence-corrected chi connectivity index (χ1v) is 10.9. The number of hydrogen-bond acceptors (Lipinski definition) is 4. The number of alkyl halides is 3. The van der Waals surface area contributed by atoms with Crippen LogP contribution in [0.2, 0.25) is 0 Å². The van der Waals surface area contributed by atoms with Gasteiger partial charge in [-0.2, -0.15) is 13.2 Å². The van der Waals surface area contributed by atoms with Crippen LogP contribution in [0, 0.1) is 6.92 Å². The SMILES string of the molecule is Cc1ccc(S(C)(=O)=O)cc1C(=O)N1CCN(c2ccccc2C(F)(F)F)CC1. The van der Waals surface area contributed by atoms with Gasteiger partial charge in [0.05, 0.1) is 10.5 Å². The van der Waals surface area contributed by atoms with E-state index in [1.807, 2.05) is 0 Å². The Balaban J connectivity index is 1.78. The number of rotatable bonds is 3. The normalized spacial score (nSPS) is 15.5. The fourth-order valence-electron chi connectivity index (χ4n) is 3.37. The fraction of sp³-hybridized carbons (Fsp3) is 0.350. The molecule has 0 aliphatic carbocycles. The van der Waals surface area contributed by atoms with Crippen LogP contribution in [-0.2, 0) is 16.0 Å². The number of benzene rings is 2. The summed E-state index contributed by atoms with van der Waals surface area (Å²) >= 11 is 0. The number of anilines is 1. The molecule has 0 atom stereocenters. The monoisotopic (exact) mass is 426 g/mol. The first-order chi connectivity index (χ1) is 13.5. The van der Waals surface area contributed by atoms with Crippen LogP contribution in [-0.4, -0.2) is 51.7 Å². The second kappa shape index (κ2) is 7.70. The Bertz CT molecular complexity index is 1030. The minimum atomic E-state index is -4.45. The largest absolute Gasteiger partial charge is 0.418 e. The lowest BCUT2D eigenvalue weighted by molar-refractivity contribution is -0.137. The van der Waals surface area contributed by atoms with Gasteiger partial charge in [-0.15, -0.1) is 0 Å². The third kappa shape index (κ3) is 4.55. The van der Waals surface area contributed by atoms with Crippen LogP contribution in [0.4, 0.5) is 18.9 Å². The minimum Gasteiger partial charge on any atom is -0.367 e. The molecular weight excluding hydrogens is 405 g/mol. The van der Waals surface area contributed by atoms with Crippen LogP contribution >= 0.6 is 0 Å². The molecule has 1 aliphatic heterocycles. The summed E-state index contributed by atoms with van der Waals surface area (Å²) in [5.41, 5.74) is 0.336. The van der Waals surface area contributed by atoms with Crippen molar-refractivity contribution in [3.05, 3.63) is 59.2 Å². The molecule has 1 amide bonds. The van der Waals surface area contributed by atoms with Crippen LogP contribution in [0.25, 0.3) is 0 Å². The van der Waals surface area contributed by atoms with E-state index in [0.29, 0.717) is 5.56 Å². The molecule has 29 heavy (non-hydrogen) atoms. The zero-order chi connectivity index (χ0) is 21.4. The van der Waals surface area contributed by atoms with Crippen molar-refractivity contribution in [2.24, 2.45) is 0 Å². The van der Waals surface area contributed by atoms with Crippen molar-refractivity contribution < 1.29 is 26.4 Å². The van der Waals surface area contributed by atoms with E-state index >= 15 is 0 Å². The summed E-state index contributed by atoms with van der Waals surface area (Å²) in [5.74, 6) is -0.322. The molecule has 2 aromatic carbocycles. The summed E-state index contributed by atoms with van der Waals surface area (Å²) in [7, 11) is -3.46. The molecule has 1 aliphatic rings. The number of carbonyl (C=O) groups excluding carboxylic acids is 1. The number of halogens is 3. The van der Waals surface area contributed by atoms with Gasteiger partial charge in [0.1, 0.15) is 0 Å². The summed E-state index contributed by atoms with van der Waals surface area (Å²) in [6, 6.07) is 9.78. The van der Waals surface area contributed by atoms with E-state index in [9.17, 15) is 26.4 Å². The van der Waals surface area contributed by atoms with Gasteiger partial charge in [-0.05, 0) is 36.8 Å². The predicted molar refractivity (Wildman–Crippen MR) is 104 cm³/mol. The average Bonchev–Trinajstić information content (AvgIpc) is 2.66. The summed E-state index contributed by atoms with van der Waals surface area (Å²) < 4.78 is 63.4. The molecule has 156 valence electrons. The number of nitrogens with zero attached hydrogens (tertiary/aromatic N) is 2. The molecule has 2 aromatic rings. The van der Waals surface area contributed by atoms with E-state index in [0.717, 1.165) is 12.3 Å². The molecule has 0 N–H and O–H groups in total. The smallest absolute Gasteiger partial charge is 0.367 e. The Kier molecular flexibility index (Phi) is 5.62. The second-order valence-corrected chi connectivity index (χ2v) is 9.06. The van der Waals surface area contributed by atoms with Gasteiger partial charge in [0.15, 0.2) is 9.84 Å². The molecule has 3 rings (SSSR count). The summed E-state index contributed by atoms with van der Waals surface area (Å²) in [6.45, 7) is 2.71. The topological polar surface area (TPSA) is 57.7 Å². The van der Waals surface area contributed by atoms with E-state index in [4.69, 9.17) is 0 Å². The van der Waals surface area contributed by atoms with Gasteiger partial charge in [-0.1, -0.05) is 18.2 Å². The summed E-state index contributed by atoms with van der Waals surface area (Å²) in [4.78, 5) is 16.1. The first-order valence-electron chi connectivity index (χ1n) is 8.99. The van der Waals surface area contributed by atoms with Crippen LogP contribution in [0.15, 0.2) is 47.4 Å². The Morgan fingerprint density at radius 2 is 1.62 bits per heavy atom. The number of piperazine rings is 1. The maximum absolute atomic E-state index is 13.3. The number of carbonyl (C=O) groups is 1. The van der Waals surface area contributed by atoms with Crippen LogP contribution in [0.5, 0.6) is 0 Å². The number of amides is 1. The van der Waals surface area contributed by atoms with Crippen molar-refractivity contribution in [2.75, 3.05) is 37.3 Å². The molecule has 0 aromatic heterocycles. The third-order valence-corrected chi connectivity index (χ3v) is 6.09. The maximum Gasteiger partial charge on any atom is 0.418 e. The van der Waals surface area contributed by atoms with Gasteiger partial charge < -0.3 is 9.80 Å². The molecular formula is C20H21F3N2O3S. The van der Waals surface area contributed by atoms with E-state index in [-0.39, 0.29) is 48.2 Å².